The molecule has 1 heterocycles. The van der Waals surface area contributed by atoms with Crippen LogP contribution in [0.25, 0.3) is 0 Å². The molecule has 0 radical (unpaired) electrons. The Bertz CT molecular complexity index is 970. The predicted molar refractivity (Wildman–Crippen MR) is 127 cm³/mol. The van der Waals surface area contributed by atoms with Crippen LogP contribution < -0.4 is 9.46 Å². The van der Waals surface area contributed by atoms with Crippen LogP contribution in [-0.4, -0.2) is 54.0 Å². The summed E-state index contributed by atoms with van der Waals surface area (Å²) in [6, 6.07) is 9.44. The molecule has 180 valence electrons. The summed E-state index contributed by atoms with van der Waals surface area (Å²) in [7, 11) is 0. The number of anilines is 1. The van der Waals surface area contributed by atoms with E-state index in [-0.39, 0.29) is 17.2 Å². The van der Waals surface area contributed by atoms with Crippen LogP contribution >= 0.6 is 35.1 Å². The average Bonchev–Trinajstić information content (AvgIpc) is 2.76. The minimum Gasteiger partial charge on any atom is -0.404 e. The van der Waals surface area contributed by atoms with Crippen LogP contribution in [-0.2, 0) is 6.54 Å². The zero-order valence-electron chi connectivity index (χ0n) is 17.9. The topological polar surface area (TPSA) is 44.8 Å². The Hall–Kier alpha value is -1.81. The number of ether oxygens (including phenoxy) is 1. The Kier molecular flexibility index (Phi) is 9.03. The van der Waals surface area contributed by atoms with Crippen molar-refractivity contribution in [3.8, 4) is 5.75 Å². The third kappa shape index (κ3) is 7.60. The normalized spacial score (nSPS) is 14.9. The lowest BCUT2D eigenvalue weighted by Gasteiger charge is -2.35. The van der Waals surface area contributed by atoms with E-state index >= 15 is 0 Å². The monoisotopic (exact) mass is 521 g/mol. The van der Waals surface area contributed by atoms with Crippen molar-refractivity contribution in [2.75, 3.05) is 36.7 Å². The van der Waals surface area contributed by atoms with E-state index in [9.17, 15) is 18.0 Å². The average molecular weight is 522 g/mol. The fraction of sp³-hybridized carbons (Fsp3) is 0.409. The number of piperazine rings is 1. The second-order valence-corrected chi connectivity index (χ2v) is 9.26. The van der Waals surface area contributed by atoms with Gasteiger partial charge in [-0.1, -0.05) is 48.1 Å². The Balaban J connectivity index is 1.64. The molecule has 1 saturated heterocycles. The zero-order chi connectivity index (χ0) is 24.0. The summed E-state index contributed by atoms with van der Waals surface area (Å²) in [4.78, 5) is 16.7. The molecule has 0 spiro atoms. The van der Waals surface area contributed by atoms with Gasteiger partial charge >= 0.3 is 6.36 Å². The van der Waals surface area contributed by atoms with E-state index in [4.69, 9.17) is 23.2 Å². The Labute approximate surface area is 205 Å². The van der Waals surface area contributed by atoms with Gasteiger partial charge in [-0.2, -0.15) is 0 Å². The zero-order valence-corrected chi connectivity index (χ0v) is 20.3. The van der Waals surface area contributed by atoms with Crippen LogP contribution in [0.2, 0.25) is 10.0 Å². The molecule has 5 nitrogen and oxygen atoms in total. The van der Waals surface area contributed by atoms with Gasteiger partial charge in [-0.25, -0.2) is 0 Å². The number of carbonyl (C=O) groups excluding carboxylic acids is 1. The van der Waals surface area contributed by atoms with Crippen LogP contribution in [0, 0.1) is 0 Å². The van der Waals surface area contributed by atoms with Gasteiger partial charge in [0.25, 0.3) is 5.91 Å². The van der Waals surface area contributed by atoms with Gasteiger partial charge in [0.05, 0.1) is 5.69 Å². The van der Waals surface area contributed by atoms with E-state index < -0.39 is 12.1 Å². The lowest BCUT2D eigenvalue weighted by Crippen LogP contribution is -2.48. The molecule has 0 bridgehead atoms. The molecule has 2 aromatic rings. The largest absolute Gasteiger partial charge is 0.573 e. The highest BCUT2D eigenvalue weighted by molar-refractivity contribution is 8.00. The number of amides is 1. The fourth-order valence-corrected chi connectivity index (χ4v) is 4.46. The van der Waals surface area contributed by atoms with E-state index in [1.54, 1.807) is 17.0 Å². The molecule has 1 amide bonds. The molecule has 1 fully saturated rings. The Morgan fingerprint density at radius 2 is 1.85 bits per heavy atom. The molecule has 2 aromatic carbocycles. The number of carbonyl (C=O) groups is 1. The highest BCUT2D eigenvalue weighted by Gasteiger charge is 2.33. The van der Waals surface area contributed by atoms with Gasteiger partial charge in [0.1, 0.15) is 0 Å². The van der Waals surface area contributed by atoms with E-state index in [2.05, 4.69) is 14.4 Å². The van der Waals surface area contributed by atoms with Gasteiger partial charge in [0.15, 0.2) is 5.75 Å². The number of hydrogen-bond acceptors (Lipinski definition) is 5. The van der Waals surface area contributed by atoms with E-state index in [0.717, 1.165) is 23.8 Å². The van der Waals surface area contributed by atoms with Gasteiger partial charge in [-0.15, -0.1) is 13.2 Å². The number of rotatable bonds is 8. The molecular formula is C22H24Cl2F3N3O2S. The molecule has 33 heavy (non-hydrogen) atoms. The highest BCUT2D eigenvalue weighted by Crippen LogP contribution is 2.33. The van der Waals surface area contributed by atoms with E-state index in [1.807, 2.05) is 13.0 Å². The predicted octanol–water partition coefficient (Wildman–Crippen LogP) is 6.32. The van der Waals surface area contributed by atoms with Gasteiger partial charge in [-0.3, -0.25) is 9.69 Å². The van der Waals surface area contributed by atoms with Crippen LogP contribution in [0.4, 0.5) is 18.9 Å². The van der Waals surface area contributed by atoms with Crippen molar-refractivity contribution < 1.29 is 22.7 Å². The number of nitrogens with one attached hydrogen (secondary N) is 1. The summed E-state index contributed by atoms with van der Waals surface area (Å²) in [6.45, 7) is 4.72. The molecule has 0 aromatic heterocycles. The van der Waals surface area contributed by atoms with Gasteiger partial charge in [-0.05, 0) is 42.3 Å². The maximum absolute atomic E-state index is 13.0. The standard InChI is InChI=1S/C22H24Cl2F3N3O2S/c1-2-11-33-28-19-6-4-15(12-20(19)32-22(25,26)27)21(31)30-9-7-29(8-10-30)14-16-3-5-17(23)13-18(16)24/h3-6,12-13,28H,2,7-11,14H2,1H3. The number of nitrogens with zero attached hydrogens (tertiary/aromatic N) is 2. The van der Waals surface area contributed by atoms with Gasteiger partial charge < -0.3 is 14.4 Å². The second kappa shape index (κ2) is 11.6. The maximum Gasteiger partial charge on any atom is 0.573 e. The van der Waals surface area contributed by atoms with Gasteiger partial charge in [0.2, 0.25) is 0 Å². The molecule has 0 unspecified atom stereocenters. The smallest absolute Gasteiger partial charge is 0.404 e. The number of alkyl halides is 3. The van der Waals surface area contributed by atoms with Crippen molar-refractivity contribution in [1.29, 1.82) is 0 Å². The van der Waals surface area contributed by atoms with Crippen molar-refractivity contribution in [1.82, 2.24) is 9.80 Å². The lowest BCUT2D eigenvalue weighted by molar-refractivity contribution is -0.274. The van der Waals surface area contributed by atoms with Crippen molar-refractivity contribution in [2.24, 2.45) is 0 Å². The molecule has 0 aliphatic carbocycles. The van der Waals surface area contributed by atoms with Crippen molar-refractivity contribution in [3.63, 3.8) is 0 Å². The first-order chi connectivity index (χ1) is 15.7. The lowest BCUT2D eigenvalue weighted by atomic mass is 10.1. The first kappa shape index (κ1) is 25.8. The molecule has 0 saturated carbocycles. The summed E-state index contributed by atoms with van der Waals surface area (Å²) >= 11 is 13.5. The summed E-state index contributed by atoms with van der Waals surface area (Å²) < 4.78 is 45.7. The molecule has 1 N–H and O–H groups in total. The maximum atomic E-state index is 13.0. The Morgan fingerprint density at radius 1 is 1.12 bits per heavy atom. The minimum absolute atomic E-state index is 0.148. The van der Waals surface area contributed by atoms with Crippen LogP contribution in [0.15, 0.2) is 36.4 Å². The fourth-order valence-electron chi connectivity index (χ4n) is 3.36. The molecule has 1 aliphatic rings. The molecule has 3 rings (SSSR count). The number of halogens is 5. The second-order valence-electron chi connectivity index (χ2n) is 7.51. The highest BCUT2D eigenvalue weighted by atomic mass is 35.5. The first-order valence-corrected chi connectivity index (χ1v) is 12.1. The molecular weight excluding hydrogens is 498 g/mol. The summed E-state index contributed by atoms with van der Waals surface area (Å²) in [5.74, 6) is -0.0376. The third-order valence-electron chi connectivity index (χ3n) is 5.01. The van der Waals surface area contributed by atoms with Crippen LogP contribution in [0.5, 0.6) is 5.75 Å². The minimum atomic E-state index is -4.86. The number of hydrogen-bond donors (Lipinski definition) is 1. The quantitative estimate of drug-likeness (QED) is 0.325. The van der Waals surface area contributed by atoms with Crippen molar-refractivity contribution >= 4 is 46.7 Å². The van der Waals surface area contributed by atoms with Crippen LogP contribution in [0.1, 0.15) is 29.3 Å². The number of benzene rings is 2. The SMILES string of the molecule is CCCSNc1ccc(C(=O)N2CCN(Cc3ccc(Cl)cc3Cl)CC2)cc1OC(F)(F)F. The van der Waals surface area contributed by atoms with E-state index in [1.165, 1.54) is 24.1 Å². The first-order valence-electron chi connectivity index (χ1n) is 10.4. The molecule has 0 atom stereocenters. The molecule has 11 heteroatoms. The Morgan fingerprint density at radius 3 is 2.48 bits per heavy atom. The third-order valence-corrected chi connectivity index (χ3v) is 6.57. The van der Waals surface area contributed by atoms with Gasteiger partial charge in [0, 0.05) is 54.1 Å². The summed E-state index contributed by atoms with van der Waals surface area (Å²) in [5, 5.41) is 1.15. The molecule has 1 aliphatic heterocycles. The van der Waals surface area contributed by atoms with Crippen LogP contribution in [0.3, 0.4) is 0 Å². The summed E-state index contributed by atoms with van der Waals surface area (Å²) in [6.07, 6.45) is -4.00. The van der Waals surface area contributed by atoms with E-state index in [0.29, 0.717) is 42.8 Å². The van der Waals surface area contributed by atoms with Crippen molar-refractivity contribution in [2.45, 2.75) is 26.3 Å². The summed E-state index contributed by atoms with van der Waals surface area (Å²) in [5.41, 5.74) is 1.26. The van der Waals surface area contributed by atoms with Crippen molar-refractivity contribution in [3.05, 3.63) is 57.6 Å².